The second-order valence-electron chi connectivity index (χ2n) is 3.58. The number of benzene rings is 1. The quantitative estimate of drug-likeness (QED) is 0.641. The first-order chi connectivity index (χ1) is 7.19. The lowest BCUT2D eigenvalue weighted by atomic mass is 10.1. The van der Waals surface area contributed by atoms with E-state index in [1.54, 1.807) is 0 Å². The molecule has 15 heavy (non-hydrogen) atoms. The van der Waals surface area contributed by atoms with Crippen molar-refractivity contribution in [3.8, 4) is 0 Å². The number of alkyl halides is 1. The van der Waals surface area contributed by atoms with Gasteiger partial charge in [0.05, 0.1) is 11.0 Å². The monoisotopic (exact) mass is 222 g/mol. The summed E-state index contributed by atoms with van der Waals surface area (Å²) in [5.74, 6) is 0.362. The second-order valence-corrected chi connectivity index (χ2v) is 4.32. The zero-order valence-corrected chi connectivity index (χ0v) is 9.08. The summed E-state index contributed by atoms with van der Waals surface area (Å²) < 4.78 is 0. The number of hydrogen-bond acceptors (Lipinski definition) is 2. The van der Waals surface area contributed by atoms with Crippen molar-refractivity contribution in [1.82, 2.24) is 9.97 Å². The highest BCUT2D eigenvalue weighted by Crippen LogP contribution is 2.15. The second kappa shape index (κ2) is 4.03. The molecule has 0 saturated carbocycles. The topological polar surface area (TPSA) is 45.8 Å². The van der Waals surface area contributed by atoms with Crippen molar-refractivity contribution in [3.05, 3.63) is 29.6 Å². The van der Waals surface area contributed by atoms with E-state index in [2.05, 4.69) is 9.97 Å². The molecule has 1 aromatic heterocycles. The molecule has 1 heterocycles. The summed E-state index contributed by atoms with van der Waals surface area (Å²) >= 11 is 5.91. The zero-order valence-electron chi connectivity index (χ0n) is 8.33. The minimum atomic E-state index is 0.104. The number of hydrogen-bond donors (Lipinski definition) is 1. The van der Waals surface area contributed by atoms with E-state index in [-0.39, 0.29) is 5.38 Å². The molecule has 78 valence electrons. The van der Waals surface area contributed by atoms with Gasteiger partial charge in [0, 0.05) is 5.38 Å². The average molecular weight is 223 g/mol. The van der Waals surface area contributed by atoms with Gasteiger partial charge in [-0.15, -0.1) is 11.6 Å². The third-order valence-corrected chi connectivity index (χ3v) is 2.35. The molecule has 0 aliphatic heterocycles. The fourth-order valence-corrected chi connectivity index (χ4v) is 1.76. The maximum absolute atomic E-state index is 10.5. The van der Waals surface area contributed by atoms with Crippen LogP contribution < -0.4 is 0 Å². The normalized spacial score (nSPS) is 12.9. The average Bonchev–Trinajstić information content (AvgIpc) is 2.58. The predicted octanol–water partition coefficient (Wildman–Crippen LogP) is 2.55. The Hall–Kier alpha value is -1.35. The van der Waals surface area contributed by atoms with Crippen LogP contribution in [0.2, 0.25) is 0 Å². The molecule has 0 amide bonds. The lowest BCUT2D eigenvalue weighted by Crippen LogP contribution is -1.96. The minimum absolute atomic E-state index is 0.104. The first kappa shape index (κ1) is 10.2. The molecule has 0 aliphatic rings. The van der Waals surface area contributed by atoms with Crippen LogP contribution in [0.5, 0.6) is 0 Å². The zero-order chi connectivity index (χ0) is 10.8. The lowest BCUT2D eigenvalue weighted by molar-refractivity contribution is 0.111. The van der Waals surface area contributed by atoms with E-state index in [0.29, 0.717) is 12.1 Å². The van der Waals surface area contributed by atoms with E-state index in [1.165, 1.54) is 0 Å². The fourth-order valence-electron chi connectivity index (χ4n) is 1.58. The number of rotatable bonds is 3. The number of aldehydes is 1. The highest BCUT2D eigenvalue weighted by atomic mass is 35.5. The molecule has 0 spiro atoms. The molecule has 1 aromatic carbocycles. The Labute approximate surface area is 92.5 Å². The van der Waals surface area contributed by atoms with Gasteiger partial charge in [-0.3, -0.25) is 4.79 Å². The van der Waals surface area contributed by atoms with Crippen LogP contribution in [0.1, 0.15) is 23.1 Å². The van der Waals surface area contributed by atoms with Crippen LogP contribution in [0.25, 0.3) is 11.0 Å². The molecule has 2 rings (SSSR count). The van der Waals surface area contributed by atoms with E-state index in [4.69, 9.17) is 11.6 Å². The number of aromatic amines is 1. The molecule has 3 nitrogen and oxygen atoms in total. The molecule has 1 N–H and O–H groups in total. The Bertz CT molecular complexity index is 490. The van der Waals surface area contributed by atoms with Crippen LogP contribution in [-0.4, -0.2) is 21.6 Å². The predicted molar refractivity (Wildman–Crippen MR) is 60.5 cm³/mol. The summed E-state index contributed by atoms with van der Waals surface area (Å²) in [7, 11) is 0. The fraction of sp³-hybridized carbons (Fsp3) is 0.273. The third kappa shape index (κ3) is 2.18. The molecule has 1 unspecified atom stereocenters. The number of H-pyrrole nitrogens is 1. The van der Waals surface area contributed by atoms with Gasteiger partial charge in [0.2, 0.25) is 0 Å². The molecule has 0 bridgehead atoms. The highest BCUT2D eigenvalue weighted by molar-refractivity contribution is 6.20. The molecule has 0 fully saturated rings. The van der Waals surface area contributed by atoms with E-state index in [0.717, 1.165) is 23.0 Å². The van der Waals surface area contributed by atoms with Crippen molar-refractivity contribution in [3.63, 3.8) is 0 Å². The van der Waals surface area contributed by atoms with Crippen molar-refractivity contribution in [2.24, 2.45) is 0 Å². The van der Waals surface area contributed by atoms with Crippen LogP contribution in [0.15, 0.2) is 18.2 Å². The maximum Gasteiger partial charge on any atom is 0.185 e. The Morgan fingerprint density at radius 2 is 2.40 bits per heavy atom. The number of nitrogens with one attached hydrogen (secondary N) is 1. The number of fused-ring (bicyclic) bond motifs is 1. The summed E-state index contributed by atoms with van der Waals surface area (Å²) in [4.78, 5) is 17.6. The summed E-state index contributed by atoms with van der Waals surface area (Å²) in [5, 5.41) is 0.104. The third-order valence-electron chi connectivity index (χ3n) is 2.19. The van der Waals surface area contributed by atoms with Gasteiger partial charge < -0.3 is 4.98 Å². The van der Waals surface area contributed by atoms with Crippen molar-refractivity contribution in [2.45, 2.75) is 18.7 Å². The largest absolute Gasteiger partial charge is 0.336 e. The van der Waals surface area contributed by atoms with Crippen LogP contribution in [0.4, 0.5) is 0 Å². The van der Waals surface area contributed by atoms with E-state index in [9.17, 15) is 4.79 Å². The number of halogens is 1. The van der Waals surface area contributed by atoms with Gasteiger partial charge in [0.15, 0.2) is 12.1 Å². The van der Waals surface area contributed by atoms with Crippen LogP contribution in [0, 0.1) is 0 Å². The Morgan fingerprint density at radius 3 is 3.07 bits per heavy atom. The van der Waals surface area contributed by atoms with Gasteiger partial charge in [-0.1, -0.05) is 6.07 Å². The molecule has 4 heteroatoms. The number of aromatic nitrogens is 2. The van der Waals surface area contributed by atoms with E-state index in [1.807, 2.05) is 25.1 Å². The van der Waals surface area contributed by atoms with E-state index >= 15 is 0 Å². The van der Waals surface area contributed by atoms with Crippen molar-refractivity contribution >= 4 is 28.9 Å². The first-order valence-electron chi connectivity index (χ1n) is 4.77. The molecular weight excluding hydrogens is 212 g/mol. The van der Waals surface area contributed by atoms with Gasteiger partial charge >= 0.3 is 0 Å². The van der Waals surface area contributed by atoms with Gasteiger partial charge in [-0.25, -0.2) is 4.98 Å². The Kier molecular flexibility index (Phi) is 2.73. The smallest absolute Gasteiger partial charge is 0.185 e. The Balaban J connectivity index is 2.41. The summed E-state index contributed by atoms with van der Waals surface area (Å²) in [6.07, 6.45) is 1.52. The molecule has 0 saturated heterocycles. The van der Waals surface area contributed by atoms with Crippen LogP contribution >= 0.6 is 11.6 Å². The molecule has 0 radical (unpaired) electrons. The molecule has 1 atom stereocenters. The highest BCUT2D eigenvalue weighted by Gasteiger charge is 2.04. The first-order valence-corrected chi connectivity index (χ1v) is 5.20. The lowest BCUT2D eigenvalue weighted by Gasteiger charge is -2.02. The van der Waals surface area contributed by atoms with Crippen LogP contribution in [0.3, 0.4) is 0 Å². The summed E-state index contributed by atoms with van der Waals surface area (Å²) in [6, 6.07) is 5.87. The van der Waals surface area contributed by atoms with Gasteiger partial charge in [0.1, 0.15) is 0 Å². The summed E-state index contributed by atoms with van der Waals surface area (Å²) in [5.41, 5.74) is 2.82. The number of imidazole rings is 1. The van der Waals surface area contributed by atoms with Gasteiger partial charge in [-0.2, -0.15) is 0 Å². The SMILES string of the molecule is CC(Cl)Cc1ccc2[nH]c(C=O)nc2c1. The van der Waals surface area contributed by atoms with Gasteiger partial charge in [-0.05, 0) is 31.0 Å². The molecule has 0 aliphatic carbocycles. The van der Waals surface area contributed by atoms with Crippen molar-refractivity contribution in [2.75, 3.05) is 0 Å². The van der Waals surface area contributed by atoms with Crippen molar-refractivity contribution < 1.29 is 4.79 Å². The van der Waals surface area contributed by atoms with Crippen LogP contribution in [-0.2, 0) is 6.42 Å². The Morgan fingerprint density at radius 1 is 1.60 bits per heavy atom. The number of carbonyl (C=O) groups is 1. The molecular formula is C11H11ClN2O. The molecule has 2 aromatic rings. The minimum Gasteiger partial charge on any atom is -0.336 e. The summed E-state index contributed by atoms with van der Waals surface area (Å²) in [6.45, 7) is 1.95. The van der Waals surface area contributed by atoms with Crippen molar-refractivity contribution in [1.29, 1.82) is 0 Å². The standard InChI is InChI=1S/C11H11ClN2O/c1-7(12)4-8-2-3-9-10(5-8)14-11(6-15)13-9/h2-3,5-7H,4H2,1H3,(H,13,14). The number of nitrogens with zero attached hydrogens (tertiary/aromatic N) is 1. The van der Waals surface area contributed by atoms with Gasteiger partial charge in [0.25, 0.3) is 0 Å². The number of carbonyl (C=O) groups excluding carboxylic acids is 1. The maximum atomic E-state index is 10.5. The van der Waals surface area contributed by atoms with E-state index < -0.39 is 0 Å².